The molecule has 0 saturated heterocycles. The summed E-state index contributed by atoms with van der Waals surface area (Å²) in [5.74, 6) is 0. The van der Waals surface area contributed by atoms with Crippen molar-refractivity contribution < 1.29 is 13.0 Å². The Morgan fingerprint density at radius 1 is 1.21 bits per heavy atom. The van der Waals surface area contributed by atoms with Crippen LogP contribution >= 0.6 is 9.24 Å². The summed E-state index contributed by atoms with van der Waals surface area (Å²) >= 11 is 0. The molecule has 0 heterocycles. The number of aryl methyl sites for hydroxylation is 1. The van der Waals surface area contributed by atoms with Crippen molar-refractivity contribution in [2.24, 2.45) is 0 Å². The van der Waals surface area contributed by atoms with Crippen molar-refractivity contribution in [2.75, 3.05) is 6.16 Å². The molecular formula is C9H13O3PS. The van der Waals surface area contributed by atoms with E-state index in [9.17, 15) is 8.42 Å². The molecular weight excluding hydrogens is 219 g/mol. The molecule has 3 nitrogen and oxygen atoms in total. The van der Waals surface area contributed by atoms with E-state index in [2.05, 4.69) is 9.24 Å². The van der Waals surface area contributed by atoms with Crippen LogP contribution in [0.1, 0.15) is 12.0 Å². The van der Waals surface area contributed by atoms with Gasteiger partial charge < -0.3 is 0 Å². The summed E-state index contributed by atoms with van der Waals surface area (Å²) in [7, 11) is -1.40. The van der Waals surface area contributed by atoms with E-state index in [1.54, 1.807) is 12.1 Å². The lowest BCUT2D eigenvalue weighted by Crippen LogP contribution is -1.98. The lowest BCUT2D eigenvalue weighted by atomic mass is 10.1. The van der Waals surface area contributed by atoms with Crippen molar-refractivity contribution in [3.05, 3.63) is 29.8 Å². The molecule has 1 aromatic carbocycles. The lowest BCUT2D eigenvalue weighted by molar-refractivity contribution is 0.483. The predicted molar refractivity (Wildman–Crippen MR) is 59.2 cm³/mol. The first-order valence-electron chi connectivity index (χ1n) is 4.30. The Balaban J connectivity index is 2.79. The first-order valence-corrected chi connectivity index (χ1v) is 6.56. The van der Waals surface area contributed by atoms with Crippen molar-refractivity contribution in [1.29, 1.82) is 0 Å². The summed E-state index contributed by atoms with van der Waals surface area (Å²) in [4.78, 5) is -0.0490. The minimum Gasteiger partial charge on any atom is -0.282 e. The molecule has 1 rings (SSSR count). The van der Waals surface area contributed by atoms with E-state index in [4.69, 9.17) is 4.55 Å². The zero-order valence-corrected chi connectivity index (χ0v) is 9.65. The third-order valence-electron chi connectivity index (χ3n) is 1.89. The van der Waals surface area contributed by atoms with Crippen molar-refractivity contribution in [3.8, 4) is 0 Å². The van der Waals surface area contributed by atoms with Gasteiger partial charge in [0.15, 0.2) is 0 Å². The maximum atomic E-state index is 10.7. The highest BCUT2D eigenvalue weighted by Gasteiger charge is 2.07. The molecule has 1 aromatic rings. The monoisotopic (exact) mass is 232 g/mol. The fraction of sp³-hybridized carbons (Fsp3) is 0.333. The van der Waals surface area contributed by atoms with Gasteiger partial charge in [-0.1, -0.05) is 12.1 Å². The Morgan fingerprint density at radius 2 is 1.79 bits per heavy atom. The predicted octanol–water partition coefficient (Wildman–Crippen LogP) is 1.74. The van der Waals surface area contributed by atoms with E-state index in [1.807, 2.05) is 0 Å². The molecule has 0 radical (unpaired) electrons. The van der Waals surface area contributed by atoms with E-state index in [0.717, 1.165) is 24.6 Å². The molecule has 0 aliphatic rings. The summed E-state index contributed by atoms with van der Waals surface area (Å²) in [5, 5.41) is 0. The molecule has 0 spiro atoms. The maximum Gasteiger partial charge on any atom is 0.294 e. The molecule has 0 aliphatic heterocycles. The minimum atomic E-state index is -4.04. The van der Waals surface area contributed by atoms with Crippen LogP contribution in [0.25, 0.3) is 0 Å². The Labute approximate surface area is 86.5 Å². The minimum absolute atomic E-state index is 0.0490. The Bertz CT molecular complexity index is 383. The number of hydrogen-bond acceptors (Lipinski definition) is 2. The highest BCUT2D eigenvalue weighted by atomic mass is 32.2. The standard InChI is InChI=1S/C9H13O3PS/c10-14(11,12)9-5-3-8(4-6-9)2-1-7-13/h3-6H,1-2,7,13H2,(H,10,11,12). The first kappa shape index (κ1) is 11.6. The first-order chi connectivity index (χ1) is 6.54. The van der Waals surface area contributed by atoms with Crippen molar-refractivity contribution in [3.63, 3.8) is 0 Å². The van der Waals surface area contributed by atoms with E-state index in [-0.39, 0.29) is 4.90 Å². The van der Waals surface area contributed by atoms with Crippen LogP contribution in [0.5, 0.6) is 0 Å². The van der Waals surface area contributed by atoms with Gasteiger partial charge in [0.25, 0.3) is 10.1 Å². The number of rotatable bonds is 4. The van der Waals surface area contributed by atoms with Gasteiger partial charge in [-0.15, -0.1) is 9.24 Å². The van der Waals surface area contributed by atoms with E-state index in [0.29, 0.717) is 0 Å². The second kappa shape index (κ2) is 4.87. The molecule has 0 aliphatic carbocycles. The summed E-state index contributed by atoms with van der Waals surface area (Å²) < 4.78 is 30.1. The molecule has 1 unspecified atom stereocenters. The molecule has 14 heavy (non-hydrogen) atoms. The second-order valence-corrected chi connectivity index (χ2v) is 5.01. The molecule has 0 saturated carbocycles. The Morgan fingerprint density at radius 3 is 2.21 bits per heavy atom. The normalized spacial score (nSPS) is 11.6. The number of hydrogen-bond donors (Lipinski definition) is 1. The van der Waals surface area contributed by atoms with Crippen LogP contribution in [-0.2, 0) is 16.5 Å². The summed E-state index contributed by atoms with van der Waals surface area (Å²) in [5.41, 5.74) is 1.08. The van der Waals surface area contributed by atoms with Gasteiger partial charge in [-0.3, -0.25) is 4.55 Å². The van der Waals surface area contributed by atoms with Crippen LogP contribution in [0.4, 0.5) is 0 Å². The fourth-order valence-electron chi connectivity index (χ4n) is 1.13. The maximum absolute atomic E-state index is 10.7. The second-order valence-electron chi connectivity index (χ2n) is 3.01. The van der Waals surface area contributed by atoms with Crippen LogP contribution in [0.3, 0.4) is 0 Å². The zero-order valence-electron chi connectivity index (χ0n) is 7.68. The van der Waals surface area contributed by atoms with Crippen LogP contribution < -0.4 is 0 Å². The molecule has 5 heteroatoms. The van der Waals surface area contributed by atoms with E-state index < -0.39 is 10.1 Å². The number of benzene rings is 1. The van der Waals surface area contributed by atoms with Crippen LogP contribution in [0.15, 0.2) is 29.2 Å². The van der Waals surface area contributed by atoms with Gasteiger partial charge in [-0.05, 0) is 36.7 Å². The summed E-state index contributed by atoms with van der Waals surface area (Å²) in [6.07, 6.45) is 3.01. The molecule has 0 amide bonds. The summed E-state index contributed by atoms with van der Waals surface area (Å²) in [6.45, 7) is 0. The van der Waals surface area contributed by atoms with Gasteiger partial charge in [-0.2, -0.15) is 8.42 Å². The summed E-state index contributed by atoms with van der Waals surface area (Å²) in [6, 6.07) is 6.30. The quantitative estimate of drug-likeness (QED) is 0.635. The van der Waals surface area contributed by atoms with Crippen LogP contribution in [0.2, 0.25) is 0 Å². The van der Waals surface area contributed by atoms with Crippen LogP contribution in [-0.4, -0.2) is 19.1 Å². The van der Waals surface area contributed by atoms with Gasteiger partial charge >= 0.3 is 0 Å². The van der Waals surface area contributed by atoms with E-state index in [1.165, 1.54) is 12.1 Å². The van der Waals surface area contributed by atoms with Gasteiger partial charge in [0.05, 0.1) is 4.90 Å². The van der Waals surface area contributed by atoms with E-state index >= 15 is 0 Å². The average Bonchev–Trinajstić information content (AvgIpc) is 2.14. The molecule has 1 N–H and O–H groups in total. The van der Waals surface area contributed by atoms with Crippen LogP contribution in [0, 0.1) is 0 Å². The third-order valence-corrected chi connectivity index (χ3v) is 3.17. The van der Waals surface area contributed by atoms with Gasteiger partial charge in [0.2, 0.25) is 0 Å². The SMILES string of the molecule is O=S(=O)(O)c1ccc(CCCP)cc1. The molecule has 0 aromatic heterocycles. The van der Waals surface area contributed by atoms with Crippen molar-refractivity contribution in [2.45, 2.75) is 17.7 Å². The Hall–Kier alpha value is -0.440. The van der Waals surface area contributed by atoms with Gasteiger partial charge in [-0.25, -0.2) is 0 Å². The highest BCUT2D eigenvalue weighted by molar-refractivity contribution is 7.85. The Kier molecular flexibility index (Phi) is 4.05. The lowest BCUT2D eigenvalue weighted by Gasteiger charge is -2.00. The smallest absolute Gasteiger partial charge is 0.282 e. The van der Waals surface area contributed by atoms with Gasteiger partial charge in [0, 0.05) is 0 Å². The molecule has 78 valence electrons. The third kappa shape index (κ3) is 3.37. The largest absolute Gasteiger partial charge is 0.294 e. The molecule has 0 fully saturated rings. The molecule has 1 atom stereocenters. The van der Waals surface area contributed by atoms with Crippen molar-refractivity contribution in [1.82, 2.24) is 0 Å². The fourth-order valence-corrected chi connectivity index (χ4v) is 1.82. The highest BCUT2D eigenvalue weighted by Crippen LogP contribution is 2.11. The average molecular weight is 232 g/mol. The van der Waals surface area contributed by atoms with Gasteiger partial charge in [0.1, 0.15) is 0 Å². The molecule has 0 bridgehead atoms. The zero-order chi connectivity index (χ0) is 10.6. The van der Waals surface area contributed by atoms with Crippen molar-refractivity contribution >= 4 is 19.4 Å². The topological polar surface area (TPSA) is 54.4 Å².